The van der Waals surface area contributed by atoms with E-state index in [1.807, 2.05) is 5.38 Å². The number of carboxylic acids is 1. The number of rotatable bonds is 4. The summed E-state index contributed by atoms with van der Waals surface area (Å²) in [5.41, 5.74) is 2.35. The molecule has 0 aliphatic rings. The third kappa shape index (κ3) is 3.04. The first-order valence-corrected chi connectivity index (χ1v) is 7.53. The van der Waals surface area contributed by atoms with Crippen molar-refractivity contribution in [2.24, 2.45) is 0 Å². The molecule has 5 heteroatoms. The molecular weight excluding hydrogens is 301 g/mol. The van der Waals surface area contributed by atoms with Gasteiger partial charge >= 0.3 is 5.97 Å². The molecule has 3 aromatic rings. The lowest BCUT2D eigenvalue weighted by Gasteiger charge is -2.00. The van der Waals surface area contributed by atoms with E-state index in [0.717, 1.165) is 10.6 Å². The molecule has 0 aliphatic carbocycles. The minimum absolute atomic E-state index is 0.259. The van der Waals surface area contributed by atoms with Crippen LogP contribution in [0.25, 0.3) is 11.3 Å². The number of carbonyl (C=O) groups is 1. The van der Waals surface area contributed by atoms with E-state index in [1.165, 1.54) is 17.4 Å². The van der Waals surface area contributed by atoms with Crippen LogP contribution in [0.5, 0.6) is 0 Å². The van der Waals surface area contributed by atoms with Gasteiger partial charge in [-0.25, -0.2) is 14.2 Å². The van der Waals surface area contributed by atoms with Crippen LogP contribution in [0.3, 0.4) is 0 Å². The van der Waals surface area contributed by atoms with Gasteiger partial charge in [0.2, 0.25) is 0 Å². The summed E-state index contributed by atoms with van der Waals surface area (Å²) in [5.74, 6) is -1.23. The zero-order chi connectivity index (χ0) is 15.5. The quantitative estimate of drug-likeness (QED) is 0.784. The normalized spacial score (nSPS) is 10.6. The van der Waals surface area contributed by atoms with Crippen molar-refractivity contribution in [3.05, 3.63) is 75.9 Å². The van der Waals surface area contributed by atoms with Crippen molar-refractivity contribution in [3.63, 3.8) is 0 Å². The van der Waals surface area contributed by atoms with Crippen molar-refractivity contribution in [1.82, 2.24) is 4.98 Å². The molecular formula is C17H12FNO2S. The van der Waals surface area contributed by atoms with Crippen molar-refractivity contribution >= 4 is 17.3 Å². The Morgan fingerprint density at radius 2 is 1.86 bits per heavy atom. The second-order valence-corrected chi connectivity index (χ2v) is 5.73. The van der Waals surface area contributed by atoms with Crippen LogP contribution in [0, 0.1) is 5.82 Å². The van der Waals surface area contributed by atoms with E-state index in [-0.39, 0.29) is 11.4 Å². The number of carboxylic acid groups (broad SMARTS) is 1. The van der Waals surface area contributed by atoms with Gasteiger partial charge < -0.3 is 5.11 Å². The summed E-state index contributed by atoms with van der Waals surface area (Å²) in [6, 6.07) is 13.2. The van der Waals surface area contributed by atoms with Gasteiger partial charge in [0, 0.05) is 17.4 Å². The van der Waals surface area contributed by atoms with Gasteiger partial charge in [0.1, 0.15) is 5.82 Å². The Labute approximate surface area is 130 Å². The minimum Gasteiger partial charge on any atom is -0.478 e. The topological polar surface area (TPSA) is 50.2 Å². The molecule has 0 aliphatic heterocycles. The Bertz CT molecular complexity index is 812. The van der Waals surface area contributed by atoms with Crippen molar-refractivity contribution in [2.45, 2.75) is 6.42 Å². The smallest absolute Gasteiger partial charge is 0.335 e. The predicted molar refractivity (Wildman–Crippen MR) is 83.7 cm³/mol. The Hall–Kier alpha value is -2.53. The summed E-state index contributed by atoms with van der Waals surface area (Å²) in [6.45, 7) is 0. The highest BCUT2D eigenvalue weighted by atomic mass is 32.1. The number of aromatic nitrogens is 1. The van der Waals surface area contributed by atoms with E-state index in [2.05, 4.69) is 4.98 Å². The molecule has 1 heterocycles. The Morgan fingerprint density at radius 3 is 2.55 bits per heavy atom. The van der Waals surface area contributed by atoms with Gasteiger partial charge in [-0.2, -0.15) is 0 Å². The Balaban J connectivity index is 1.80. The maximum atomic E-state index is 13.7. The third-order valence-electron chi connectivity index (χ3n) is 3.26. The zero-order valence-corrected chi connectivity index (χ0v) is 12.3. The van der Waals surface area contributed by atoms with Crippen LogP contribution < -0.4 is 0 Å². The predicted octanol–water partition coefficient (Wildman–Crippen LogP) is 4.24. The number of hydrogen-bond acceptors (Lipinski definition) is 3. The molecule has 0 bridgehead atoms. The van der Waals surface area contributed by atoms with Crippen LogP contribution in [0.4, 0.5) is 4.39 Å². The van der Waals surface area contributed by atoms with Crippen molar-refractivity contribution in [2.75, 3.05) is 0 Å². The van der Waals surface area contributed by atoms with Gasteiger partial charge in [0.25, 0.3) is 0 Å². The standard InChI is InChI=1S/C17H12FNO2S/c18-14-4-2-1-3-13(14)15-10-22-16(19-15)9-11-5-7-12(8-6-11)17(20)21/h1-8,10H,9H2,(H,20,21). The number of thiazole rings is 1. The van der Waals surface area contributed by atoms with E-state index in [9.17, 15) is 9.18 Å². The molecule has 0 amide bonds. The lowest BCUT2D eigenvalue weighted by atomic mass is 10.1. The average Bonchev–Trinajstić information content (AvgIpc) is 2.96. The van der Waals surface area contributed by atoms with E-state index >= 15 is 0 Å². The fourth-order valence-corrected chi connectivity index (χ4v) is 2.95. The summed E-state index contributed by atoms with van der Waals surface area (Å²) < 4.78 is 13.7. The molecule has 0 radical (unpaired) electrons. The molecule has 110 valence electrons. The molecule has 0 spiro atoms. The summed E-state index contributed by atoms with van der Waals surface area (Å²) in [5, 5.41) is 11.6. The molecule has 2 aromatic carbocycles. The van der Waals surface area contributed by atoms with Crippen molar-refractivity contribution < 1.29 is 14.3 Å². The number of aromatic carboxylic acids is 1. The molecule has 0 saturated carbocycles. The van der Waals surface area contributed by atoms with Crippen LogP contribution >= 0.6 is 11.3 Å². The number of benzene rings is 2. The molecule has 3 nitrogen and oxygen atoms in total. The largest absolute Gasteiger partial charge is 0.478 e. The summed E-state index contributed by atoms with van der Waals surface area (Å²) >= 11 is 1.46. The highest BCUT2D eigenvalue weighted by Crippen LogP contribution is 2.25. The first kappa shape index (κ1) is 14.4. The summed E-state index contributed by atoms with van der Waals surface area (Å²) in [6.07, 6.45) is 0.596. The van der Waals surface area contributed by atoms with Gasteiger partial charge in [0.05, 0.1) is 16.3 Å². The number of nitrogens with zero attached hydrogens (tertiary/aromatic N) is 1. The molecule has 0 fully saturated rings. The Kier molecular flexibility index (Phi) is 3.98. The highest BCUT2D eigenvalue weighted by Gasteiger charge is 2.09. The summed E-state index contributed by atoms with van der Waals surface area (Å²) in [7, 11) is 0. The second kappa shape index (κ2) is 6.07. The van der Waals surface area contributed by atoms with Crippen LogP contribution in [0.15, 0.2) is 53.9 Å². The number of halogens is 1. The van der Waals surface area contributed by atoms with E-state index in [4.69, 9.17) is 5.11 Å². The zero-order valence-electron chi connectivity index (χ0n) is 11.5. The van der Waals surface area contributed by atoms with Crippen molar-refractivity contribution in [3.8, 4) is 11.3 Å². The number of hydrogen-bond donors (Lipinski definition) is 1. The maximum absolute atomic E-state index is 13.7. The van der Waals surface area contributed by atoms with E-state index in [0.29, 0.717) is 17.7 Å². The molecule has 22 heavy (non-hydrogen) atoms. The van der Waals surface area contributed by atoms with Crippen molar-refractivity contribution in [1.29, 1.82) is 0 Å². The monoisotopic (exact) mass is 313 g/mol. The SMILES string of the molecule is O=C(O)c1ccc(Cc2nc(-c3ccccc3F)cs2)cc1. The maximum Gasteiger partial charge on any atom is 0.335 e. The fourth-order valence-electron chi connectivity index (χ4n) is 2.12. The molecule has 1 aromatic heterocycles. The lowest BCUT2D eigenvalue weighted by Crippen LogP contribution is -1.96. The first-order valence-electron chi connectivity index (χ1n) is 6.65. The molecule has 0 atom stereocenters. The molecule has 1 N–H and O–H groups in total. The summed E-state index contributed by atoms with van der Waals surface area (Å²) in [4.78, 5) is 15.3. The van der Waals surface area contributed by atoms with Gasteiger partial charge in [0.15, 0.2) is 0 Å². The lowest BCUT2D eigenvalue weighted by molar-refractivity contribution is 0.0697. The molecule has 3 rings (SSSR count). The first-order chi connectivity index (χ1) is 10.6. The van der Waals surface area contributed by atoms with Gasteiger partial charge in [-0.15, -0.1) is 11.3 Å². The van der Waals surface area contributed by atoms with Crippen LogP contribution in [0.2, 0.25) is 0 Å². The average molecular weight is 313 g/mol. The van der Waals surface area contributed by atoms with E-state index < -0.39 is 5.97 Å². The highest BCUT2D eigenvalue weighted by molar-refractivity contribution is 7.10. The van der Waals surface area contributed by atoms with Gasteiger partial charge in [-0.3, -0.25) is 0 Å². The fraction of sp³-hybridized carbons (Fsp3) is 0.0588. The Morgan fingerprint density at radius 1 is 1.14 bits per heavy atom. The molecule has 0 saturated heterocycles. The molecule has 0 unspecified atom stereocenters. The van der Waals surface area contributed by atoms with Gasteiger partial charge in [-0.05, 0) is 29.8 Å². The van der Waals surface area contributed by atoms with Crippen LogP contribution in [0.1, 0.15) is 20.9 Å². The van der Waals surface area contributed by atoms with Crippen LogP contribution in [-0.4, -0.2) is 16.1 Å². The van der Waals surface area contributed by atoms with Crippen LogP contribution in [-0.2, 0) is 6.42 Å². The van der Waals surface area contributed by atoms with E-state index in [1.54, 1.807) is 42.5 Å². The van der Waals surface area contributed by atoms with Gasteiger partial charge in [-0.1, -0.05) is 24.3 Å². The second-order valence-electron chi connectivity index (χ2n) is 4.79. The minimum atomic E-state index is -0.942. The third-order valence-corrected chi connectivity index (χ3v) is 4.11.